The first-order valence-electron chi connectivity index (χ1n) is 5.52. The van der Waals surface area contributed by atoms with Crippen molar-refractivity contribution in [2.75, 3.05) is 6.61 Å². The molecule has 0 saturated heterocycles. The Balaban J connectivity index is 2.12. The first-order valence-corrected chi connectivity index (χ1v) is 7.15. The van der Waals surface area contributed by atoms with Crippen LogP contribution < -0.4 is 0 Å². The van der Waals surface area contributed by atoms with Crippen molar-refractivity contribution in [3.8, 4) is 0 Å². The molecule has 2 aromatic heterocycles. The maximum atomic E-state index is 11.4. The Kier molecular flexibility index (Phi) is 4.40. The van der Waals surface area contributed by atoms with Crippen LogP contribution in [0.4, 0.5) is 0 Å². The van der Waals surface area contributed by atoms with E-state index in [9.17, 15) is 9.59 Å². The largest absolute Gasteiger partial charge is 0.477 e. The molecule has 2 aromatic rings. The van der Waals surface area contributed by atoms with E-state index in [2.05, 4.69) is 9.97 Å². The van der Waals surface area contributed by atoms with Crippen LogP contribution in [0.2, 0.25) is 0 Å². The molecule has 7 nitrogen and oxygen atoms in total. The highest BCUT2D eigenvalue weighted by Gasteiger charge is 2.18. The molecule has 0 radical (unpaired) electrons. The van der Waals surface area contributed by atoms with Crippen LogP contribution in [0, 0.1) is 6.92 Å². The maximum absolute atomic E-state index is 11.4. The SMILES string of the molecule is CCOC(=O)c1coc(Sc2nc(C)c(C(=O)O)s2)n1. The molecule has 0 aliphatic rings. The number of aryl methyl sites for hydroxylation is 1. The smallest absolute Gasteiger partial charge is 0.360 e. The molecule has 1 N–H and O–H groups in total. The summed E-state index contributed by atoms with van der Waals surface area (Å²) >= 11 is 2.08. The van der Waals surface area contributed by atoms with E-state index in [4.69, 9.17) is 14.3 Å². The number of thiazole rings is 1. The van der Waals surface area contributed by atoms with Gasteiger partial charge in [0.15, 0.2) is 10.0 Å². The zero-order valence-electron chi connectivity index (χ0n) is 10.6. The number of hydrogen-bond acceptors (Lipinski definition) is 8. The number of esters is 1. The van der Waals surface area contributed by atoms with Gasteiger partial charge in [-0.1, -0.05) is 11.3 Å². The van der Waals surface area contributed by atoms with Gasteiger partial charge in [-0.05, 0) is 13.8 Å². The summed E-state index contributed by atoms with van der Waals surface area (Å²) in [6, 6.07) is 0. The van der Waals surface area contributed by atoms with Crippen LogP contribution in [0.15, 0.2) is 20.2 Å². The summed E-state index contributed by atoms with van der Waals surface area (Å²) in [5.41, 5.74) is 0.503. The molecular formula is C11H10N2O5S2. The highest BCUT2D eigenvalue weighted by atomic mass is 32.2. The summed E-state index contributed by atoms with van der Waals surface area (Å²) in [6.45, 7) is 3.56. The molecule has 0 aliphatic heterocycles. The molecule has 0 aromatic carbocycles. The van der Waals surface area contributed by atoms with Crippen molar-refractivity contribution < 1.29 is 23.8 Å². The summed E-state index contributed by atoms with van der Waals surface area (Å²) in [5.74, 6) is -1.59. The monoisotopic (exact) mass is 314 g/mol. The number of nitrogens with zero attached hydrogens (tertiary/aromatic N) is 2. The Morgan fingerprint density at radius 2 is 2.25 bits per heavy atom. The lowest BCUT2D eigenvalue weighted by Gasteiger charge is -1.94. The Hall–Kier alpha value is -1.87. The molecule has 2 rings (SSSR count). The molecule has 0 amide bonds. The summed E-state index contributed by atoms with van der Waals surface area (Å²) < 4.78 is 10.4. The van der Waals surface area contributed by atoms with E-state index in [-0.39, 0.29) is 22.4 Å². The van der Waals surface area contributed by atoms with Crippen molar-refractivity contribution in [2.24, 2.45) is 0 Å². The molecule has 0 unspecified atom stereocenters. The third-order valence-electron chi connectivity index (χ3n) is 2.11. The van der Waals surface area contributed by atoms with E-state index in [1.54, 1.807) is 13.8 Å². The van der Waals surface area contributed by atoms with Crippen LogP contribution in [-0.4, -0.2) is 33.6 Å². The van der Waals surface area contributed by atoms with E-state index >= 15 is 0 Å². The van der Waals surface area contributed by atoms with Crippen molar-refractivity contribution >= 4 is 35.0 Å². The number of carbonyl (C=O) groups is 2. The Bertz CT molecular complexity index is 649. The summed E-state index contributed by atoms with van der Waals surface area (Å²) in [6.07, 6.45) is 1.19. The van der Waals surface area contributed by atoms with E-state index in [0.29, 0.717) is 10.0 Å². The van der Waals surface area contributed by atoms with Gasteiger partial charge in [-0.25, -0.2) is 14.6 Å². The quantitative estimate of drug-likeness (QED) is 0.840. The molecule has 0 saturated carbocycles. The normalized spacial score (nSPS) is 10.5. The number of carboxylic acid groups (broad SMARTS) is 1. The molecule has 20 heavy (non-hydrogen) atoms. The molecule has 0 spiro atoms. The fourth-order valence-electron chi connectivity index (χ4n) is 1.29. The summed E-state index contributed by atoms with van der Waals surface area (Å²) in [4.78, 5) is 30.5. The van der Waals surface area contributed by atoms with Crippen LogP contribution in [0.3, 0.4) is 0 Å². The Labute approximate surface area is 122 Å². The van der Waals surface area contributed by atoms with Crippen LogP contribution in [0.5, 0.6) is 0 Å². The number of rotatable bonds is 5. The fraction of sp³-hybridized carbons (Fsp3) is 0.273. The predicted octanol–water partition coefficient (Wildman–Crippen LogP) is 2.47. The zero-order chi connectivity index (χ0) is 14.7. The van der Waals surface area contributed by atoms with Crippen molar-refractivity contribution in [2.45, 2.75) is 23.4 Å². The van der Waals surface area contributed by atoms with Gasteiger partial charge in [0, 0.05) is 11.8 Å². The number of aromatic carboxylic acids is 1. The molecule has 2 heterocycles. The maximum Gasteiger partial charge on any atom is 0.360 e. The molecule has 9 heteroatoms. The van der Waals surface area contributed by atoms with Gasteiger partial charge in [0.2, 0.25) is 0 Å². The molecule has 106 valence electrons. The number of carbonyl (C=O) groups excluding carboxylic acids is 1. The van der Waals surface area contributed by atoms with Crippen molar-refractivity contribution in [1.29, 1.82) is 0 Å². The highest BCUT2D eigenvalue weighted by Crippen LogP contribution is 2.32. The van der Waals surface area contributed by atoms with Gasteiger partial charge in [-0.3, -0.25) is 0 Å². The lowest BCUT2D eigenvalue weighted by Crippen LogP contribution is -2.04. The number of carboxylic acids is 1. The average molecular weight is 314 g/mol. The first-order chi connectivity index (χ1) is 9.51. The summed E-state index contributed by atoms with van der Waals surface area (Å²) in [5, 5.41) is 9.15. The number of oxazole rings is 1. The van der Waals surface area contributed by atoms with Gasteiger partial charge in [-0.15, -0.1) is 0 Å². The predicted molar refractivity (Wildman–Crippen MR) is 70.4 cm³/mol. The van der Waals surface area contributed by atoms with E-state index in [1.165, 1.54) is 6.26 Å². The second-order valence-electron chi connectivity index (χ2n) is 3.52. The second-order valence-corrected chi connectivity index (χ2v) is 5.72. The third kappa shape index (κ3) is 3.17. The number of ether oxygens (including phenoxy) is 1. The van der Waals surface area contributed by atoms with Gasteiger partial charge < -0.3 is 14.3 Å². The van der Waals surface area contributed by atoms with Crippen LogP contribution in [0.1, 0.15) is 32.8 Å². The Morgan fingerprint density at radius 1 is 1.50 bits per heavy atom. The molecular weight excluding hydrogens is 304 g/mol. The second kappa shape index (κ2) is 6.06. The zero-order valence-corrected chi connectivity index (χ0v) is 12.2. The minimum absolute atomic E-state index is 0.0705. The minimum Gasteiger partial charge on any atom is -0.477 e. The van der Waals surface area contributed by atoms with Gasteiger partial charge >= 0.3 is 11.9 Å². The van der Waals surface area contributed by atoms with E-state index in [0.717, 1.165) is 23.1 Å². The van der Waals surface area contributed by atoms with E-state index < -0.39 is 11.9 Å². The molecule has 0 aliphatic carbocycles. The van der Waals surface area contributed by atoms with Crippen LogP contribution in [0.25, 0.3) is 0 Å². The molecule has 0 bridgehead atoms. The number of aromatic nitrogens is 2. The average Bonchev–Trinajstić information content (AvgIpc) is 2.97. The number of hydrogen-bond donors (Lipinski definition) is 1. The van der Waals surface area contributed by atoms with Gasteiger partial charge in [-0.2, -0.15) is 4.98 Å². The highest BCUT2D eigenvalue weighted by molar-refractivity contribution is 8.00. The molecule has 0 atom stereocenters. The third-order valence-corrected chi connectivity index (χ3v) is 4.18. The summed E-state index contributed by atoms with van der Waals surface area (Å²) in [7, 11) is 0. The Morgan fingerprint density at radius 3 is 2.85 bits per heavy atom. The lowest BCUT2D eigenvalue weighted by atomic mass is 10.4. The van der Waals surface area contributed by atoms with Gasteiger partial charge in [0.1, 0.15) is 11.1 Å². The van der Waals surface area contributed by atoms with Gasteiger partial charge in [0.05, 0.1) is 12.3 Å². The lowest BCUT2D eigenvalue weighted by molar-refractivity contribution is 0.0518. The standard InChI is InChI=1S/C11H10N2O5S2/c1-3-17-9(16)6-4-18-10(13-6)20-11-12-5(2)7(19-11)8(14)15/h4H,3H2,1-2H3,(H,14,15). The van der Waals surface area contributed by atoms with Crippen molar-refractivity contribution in [1.82, 2.24) is 9.97 Å². The van der Waals surface area contributed by atoms with E-state index in [1.807, 2.05) is 0 Å². The van der Waals surface area contributed by atoms with Crippen molar-refractivity contribution in [3.63, 3.8) is 0 Å². The van der Waals surface area contributed by atoms with Crippen molar-refractivity contribution in [3.05, 3.63) is 22.5 Å². The fourth-order valence-corrected chi connectivity index (χ4v) is 3.13. The van der Waals surface area contributed by atoms with Crippen LogP contribution >= 0.6 is 23.1 Å². The van der Waals surface area contributed by atoms with Crippen LogP contribution in [-0.2, 0) is 4.74 Å². The molecule has 0 fully saturated rings. The topological polar surface area (TPSA) is 103 Å². The minimum atomic E-state index is -1.02. The first kappa shape index (κ1) is 14.5. The van der Waals surface area contributed by atoms with Gasteiger partial charge in [0.25, 0.3) is 5.22 Å².